The van der Waals surface area contributed by atoms with E-state index in [-0.39, 0.29) is 0 Å². The molecular weight excluding hydrogens is 282 g/mol. The van der Waals surface area contributed by atoms with E-state index < -0.39 is 11.7 Å². The van der Waals surface area contributed by atoms with Crippen LogP contribution in [0.5, 0.6) is 0 Å². The van der Waals surface area contributed by atoms with Crippen molar-refractivity contribution in [2.75, 3.05) is 0 Å². The van der Waals surface area contributed by atoms with E-state index in [1.807, 2.05) is 31.2 Å². The Labute approximate surface area is 129 Å². The first-order valence-corrected chi connectivity index (χ1v) is 6.84. The van der Waals surface area contributed by atoms with Crippen LogP contribution in [0.1, 0.15) is 33.3 Å². The summed E-state index contributed by atoms with van der Waals surface area (Å²) < 4.78 is 6.78. The van der Waals surface area contributed by atoms with Gasteiger partial charge < -0.3 is 4.74 Å². The van der Waals surface area contributed by atoms with E-state index >= 15 is 0 Å². The highest BCUT2D eigenvalue weighted by atomic mass is 16.6. The molecule has 1 amide bonds. The lowest BCUT2D eigenvalue weighted by Gasteiger charge is -2.18. The largest absolute Gasteiger partial charge is 0.443 e. The number of hydrogen-bond donors (Lipinski definition) is 1. The van der Waals surface area contributed by atoms with E-state index in [2.05, 4.69) is 20.6 Å². The number of nitrogens with zero attached hydrogens (tertiary/aromatic N) is 4. The Morgan fingerprint density at radius 3 is 2.50 bits per heavy atom. The van der Waals surface area contributed by atoms with E-state index in [0.717, 1.165) is 11.3 Å². The minimum absolute atomic E-state index is 0.549. The molecular formula is C15H19N5O2. The van der Waals surface area contributed by atoms with Crippen molar-refractivity contribution in [2.45, 2.75) is 33.3 Å². The van der Waals surface area contributed by atoms with Crippen LogP contribution in [-0.2, 0) is 4.74 Å². The first-order chi connectivity index (χ1) is 10.3. The number of amides is 1. The van der Waals surface area contributed by atoms with Crippen LogP contribution < -0.4 is 5.43 Å². The zero-order valence-corrected chi connectivity index (χ0v) is 13.1. The molecule has 1 aromatic heterocycles. The molecule has 1 heterocycles. The molecule has 0 aliphatic carbocycles. The Morgan fingerprint density at radius 2 is 1.95 bits per heavy atom. The Hall–Kier alpha value is -2.70. The van der Waals surface area contributed by atoms with Crippen molar-refractivity contribution in [1.82, 2.24) is 20.2 Å². The number of hydrogen-bond acceptors (Lipinski definition) is 5. The maximum absolute atomic E-state index is 11.5. The summed E-state index contributed by atoms with van der Waals surface area (Å²) in [4.78, 5) is 15.4. The number of ether oxygens (including phenoxy) is 1. The lowest BCUT2D eigenvalue weighted by molar-refractivity contribution is 0.0529. The lowest BCUT2D eigenvalue weighted by atomic mass is 10.1. The summed E-state index contributed by atoms with van der Waals surface area (Å²) in [5.41, 5.74) is 4.29. The number of hydrazone groups is 1. The predicted octanol–water partition coefficient (Wildman–Crippen LogP) is 2.52. The van der Waals surface area contributed by atoms with Crippen LogP contribution in [0.3, 0.4) is 0 Å². The van der Waals surface area contributed by atoms with Crippen LogP contribution in [0.4, 0.5) is 4.79 Å². The molecule has 1 aromatic carbocycles. The smallest absolute Gasteiger partial charge is 0.428 e. The minimum atomic E-state index is -0.578. The maximum Gasteiger partial charge on any atom is 0.428 e. The van der Waals surface area contributed by atoms with Gasteiger partial charge in [0.15, 0.2) is 0 Å². The molecule has 116 valence electrons. The van der Waals surface area contributed by atoms with Gasteiger partial charge in [0.25, 0.3) is 0 Å². The average molecular weight is 301 g/mol. The number of benzene rings is 1. The maximum atomic E-state index is 11.5. The van der Waals surface area contributed by atoms with Crippen molar-refractivity contribution in [1.29, 1.82) is 0 Å². The monoisotopic (exact) mass is 301 g/mol. The molecule has 22 heavy (non-hydrogen) atoms. The van der Waals surface area contributed by atoms with Crippen LogP contribution in [0.25, 0.3) is 5.69 Å². The van der Waals surface area contributed by atoms with E-state index in [0.29, 0.717) is 5.71 Å². The van der Waals surface area contributed by atoms with Gasteiger partial charge in [-0.15, -0.1) is 0 Å². The summed E-state index contributed by atoms with van der Waals surface area (Å²) in [5.74, 6) is 0. The van der Waals surface area contributed by atoms with E-state index in [9.17, 15) is 4.79 Å². The number of aromatic nitrogens is 3. The zero-order valence-electron chi connectivity index (χ0n) is 13.1. The third-order valence-corrected chi connectivity index (χ3v) is 2.68. The summed E-state index contributed by atoms with van der Waals surface area (Å²) in [7, 11) is 0. The molecule has 0 saturated carbocycles. The molecule has 2 aromatic rings. The van der Waals surface area contributed by atoms with E-state index in [1.54, 1.807) is 31.8 Å². The SMILES string of the molecule is CC(=NNC(=O)OC(C)(C)C)c1ccc(-n2cncn2)cc1. The third kappa shape index (κ3) is 4.41. The second-order valence-corrected chi connectivity index (χ2v) is 5.70. The van der Waals surface area contributed by atoms with Gasteiger partial charge in [0.05, 0.1) is 11.4 Å². The molecule has 2 rings (SSSR count). The first-order valence-electron chi connectivity index (χ1n) is 6.84. The average Bonchev–Trinajstić information content (AvgIpc) is 2.97. The first kappa shape index (κ1) is 15.7. The quantitative estimate of drug-likeness (QED) is 0.697. The van der Waals surface area contributed by atoms with Crippen molar-refractivity contribution in [2.24, 2.45) is 5.10 Å². The molecule has 0 aliphatic rings. The standard InChI is InChI=1S/C15H19N5O2/c1-11(18-19-14(21)22-15(2,3)4)12-5-7-13(8-6-12)20-10-16-9-17-20/h5-10H,1-4H3,(H,19,21). The van der Waals surface area contributed by atoms with Crippen molar-refractivity contribution in [3.8, 4) is 5.69 Å². The van der Waals surface area contributed by atoms with Crippen molar-refractivity contribution in [3.05, 3.63) is 42.5 Å². The highest BCUT2D eigenvalue weighted by Gasteiger charge is 2.15. The molecule has 0 aliphatic heterocycles. The highest BCUT2D eigenvalue weighted by Crippen LogP contribution is 2.09. The van der Waals surface area contributed by atoms with Crippen LogP contribution in [-0.4, -0.2) is 32.2 Å². The number of carbonyl (C=O) groups is 1. The summed E-state index contributed by atoms with van der Waals surface area (Å²) in [5, 5.41) is 8.08. The summed E-state index contributed by atoms with van der Waals surface area (Å²) in [6.07, 6.45) is 2.52. The van der Waals surface area contributed by atoms with Crippen molar-refractivity contribution in [3.63, 3.8) is 0 Å². The zero-order chi connectivity index (χ0) is 16.2. The Balaban J connectivity index is 2.02. The minimum Gasteiger partial charge on any atom is -0.443 e. The highest BCUT2D eigenvalue weighted by molar-refractivity contribution is 5.99. The number of nitrogens with one attached hydrogen (secondary N) is 1. The Morgan fingerprint density at radius 1 is 1.27 bits per heavy atom. The summed E-state index contributed by atoms with van der Waals surface area (Å²) >= 11 is 0. The van der Waals surface area contributed by atoms with Gasteiger partial charge in [-0.25, -0.2) is 19.9 Å². The van der Waals surface area contributed by atoms with Crippen LogP contribution in [0, 0.1) is 0 Å². The molecule has 0 atom stereocenters. The topological polar surface area (TPSA) is 81.4 Å². The van der Waals surface area contributed by atoms with Crippen LogP contribution >= 0.6 is 0 Å². The van der Waals surface area contributed by atoms with Crippen molar-refractivity contribution < 1.29 is 9.53 Å². The molecule has 0 saturated heterocycles. The fourth-order valence-electron chi connectivity index (χ4n) is 1.69. The summed E-state index contributed by atoms with van der Waals surface area (Å²) in [6, 6.07) is 7.59. The fraction of sp³-hybridized carbons (Fsp3) is 0.333. The van der Waals surface area contributed by atoms with Gasteiger partial charge in [-0.05, 0) is 45.4 Å². The Bertz CT molecular complexity index is 654. The molecule has 0 bridgehead atoms. The van der Waals surface area contributed by atoms with Gasteiger partial charge >= 0.3 is 6.09 Å². The fourth-order valence-corrected chi connectivity index (χ4v) is 1.69. The van der Waals surface area contributed by atoms with Gasteiger partial charge in [0.1, 0.15) is 18.3 Å². The predicted molar refractivity (Wildman–Crippen MR) is 82.9 cm³/mol. The van der Waals surface area contributed by atoms with Gasteiger partial charge in [-0.3, -0.25) is 0 Å². The second-order valence-electron chi connectivity index (χ2n) is 5.70. The molecule has 0 unspecified atom stereocenters. The molecule has 0 fully saturated rings. The Kier molecular flexibility index (Phi) is 4.55. The second kappa shape index (κ2) is 6.38. The van der Waals surface area contributed by atoms with Gasteiger partial charge in [-0.1, -0.05) is 12.1 Å². The van der Waals surface area contributed by atoms with Gasteiger partial charge in [0, 0.05) is 0 Å². The van der Waals surface area contributed by atoms with Crippen molar-refractivity contribution >= 4 is 11.8 Å². The molecule has 1 N–H and O–H groups in total. The number of rotatable bonds is 3. The van der Waals surface area contributed by atoms with Gasteiger partial charge in [-0.2, -0.15) is 10.2 Å². The normalized spacial score (nSPS) is 12.1. The van der Waals surface area contributed by atoms with E-state index in [4.69, 9.17) is 4.74 Å². The third-order valence-electron chi connectivity index (χ3n) is 2.68. The summed E-state index contributed by atoms with van der Waals surface area (Å²) in [6.45, 7) is 7.20. The molecule has 7 nitrogen and oxygen atoms in total. The molecule has 0 radical (unpaired) electrons. The van der Waals surface area contributed by atoms with Gasteiger partial charge in [0.2, 0.25) is 0 Å². The van der Waals surface area contributed by atoms with Crippen LogP contribution in [0.15, 0.2) is 42.0 Å². The van der Waals surface area contributed by atoms with E-state index in [1.165, 1.54) is 6.33 Å². The molecule has 7 heteroatoms. The number of carbonyl (C=O) groups excluding carboxylic acids is 1. The molecule has 0 spiro atoms. The lowest BCUT2D eigenvalue weighted by Crippen LogP contribution is -2.30. The van der Waals surface area contributed by atoms with Crippen LogP contribution in [0.2, 0.25) is 0 Å².